The molecule has 0 aliphatic heterocycles. The van der Waals surface area contributed by atoms with Crippen molar-refractivity contribution < 1.29 is 4.79 Å². The van der Waals surface area contributed by atoms with Gasteiger partial charge in [0.15, 0.2) is 0 Å². The Balaban J connectivity index is 2.75. The van der Waals surface area contributed by atoms with E-state index in [0.29, 0.717) is 5.56 Å². The van der Waals surface area contributed by atoms with Gasteiger partial charge in [0.2, 0.25) is 0 Å². The smallest absolute Gasteiger partial charge is 0.254 e. The van der Waals surface area contributed by atoms with Crippen molar-refractivity contribution in [3.63, 3.8) is 0 Å². The molecule has 0 bridgehead atoms. The summed E-state index contributed by atoms with van der Waals surface area (Å²) in [6.45, 7) is 3.82. The lowest BCUT2D eigenvalue weighted by atomic mass is 10.2. The van der Waals surface area contributed by atoms with Crippen molar-refractivity contribution in [3.05, 3.63) is 17.5 Å². The van der Waals surface area contributed by atoms with Crippen molar-refractivity contribution in [3.8, 4) is 0 Å². The predicted octanol–water partition coefficient (Wildman–Crippen LogP) is 1.24. The number of rotatable bonds is 3. The van der Waals surface area contributed by atoms with Crippen LogP contribution in [0.15, 0.2) is 6.20 Å². The highest BCUT2D eigenvalue weighted by Gasteiger charge is 2.13. The van der Waals surface area contributed by atoms with Crippen LogP contribution in [0.2, 0.25) is 0 Å². The second-order valence-electron chi connectivity index (χ2n) is 3.30. The number of alkyl halides is 1. The van der Waals surface area contributed by atoms with E-state index < -0.39 is 0 Å². The first-order valence-electron chi connectivity index (χ1n) is 4.41. The maximum Gasteiger partial charge on any atom is 0.254 e. The maximum atomic E-state index is 11.7. The molecule has 0 aromatic carbocycles. The molecule has 1 rings (SSSR count). The Morgan fingerprint density at radius 3 is 2.86 bits per heavy atom. The van der Waals surface area contributed by atoms with Crippen molar-refractivity contribution in [1.29, 1.82) is 0 Å². The monoisotopic (exact) mass is 259 g/mol. The molecular weight excluding hydrogens is 246 g/mol. The molecule has 0 radical (unpaired) electrons. The highest BCUT2D eigenvalue weighted by atomic mass is 79.9. The second-order valence-corrected chi connectivity index (χ2v) is 3.94. The largest absolute Gasteiger partial charge is 0.349 e. The summed E-state index contributed by atoms with van der Waals surface area (Å²) >= 11 is 3.30. The third-order valence-corrected chi connectivity index (χ3v) is 3.06. The van der Waals surface area contributed by atoms with Crippen LogP contribution < -0.4 is 5.32 Å². The summed E-state index contributed by atoms with van der Waals surface area (Å²) in [6.07, 6.45) is 1.59. The normalized spacial score (nSPS) is 12.6. The van der Waals surface area contributed by atoms with Crippen LogP contribution in [0.3, 0.4) is 0 Å². The van der Waals surface area contributed by atoms with Crippen LogP contribution in [0.1, 0.15) is 23.0 Å². The number of nitrogens with zero attached hydrogens (tertiary/aromatic N) is 2. The van der Waals surface area contributed by atoms with E-state index in [2.05, 4.69) is 26.3 Å². The van der Waals surface area contributed by atoms with E-state index in [9.17, 15) is 4.79 Å². The maximum absolute atomic E-state index is 11.7. The van der Waals surface area contributed by atoms with E-state index in [1.54, 1.807) is 10.9 Å². The van der Waals surface area contributed by atoms with Crippen LogP contribution in [0, 0.1) is 6.92 Å². The van der Waals surface area contributed by atoms with E-state index in [0.717, 1.165) is 11.0 Å². The average molecular weight is 260 g/mol. The van der Waals surface area contributed by atoms with Crippen molar-refractivity contribution >= 4 is 21.8 Å². The Morgan fingerprint density at radius 2 is 2.43 bits per heavy atom. The lowest BCUT2D eigenvalue weighted by Crippen LogP contribution is -2.33. The topological polar surface area (TPSA) is 46.9 Å². The Bertz CT molecular complexity index is 335. The number of carbonyl (C=O) groups is 1. The Kier molecular flexibility index (Phi) is 3.69. The number of halogens is 1. The third kappa shape index (κ3) is 2.35. The molecule has 14 heavy (non-hydrogen) atoms. The minimum Gasteiger partial charge on any atom is -0.349 e. The van der Waals surface area contributed by atoms with Gasteiger partial charge in [0, 0.05) is 24.1 Å². The first-order chi connectivity index (χ1) is 6.56. The molecule has 0 saturated heterocycles. The highest BCUT2D eigenvalue weighted by Crippen LogP contribution is 2.05. The Morgan fingerprint density at radius 1 is 1.79 bits per heavy atom. The van der Waals surface area contributed by atoms with E-state index >= 15 is 0 Å². The number of nitrogens with one attached hydrogen (secondary N) is 1. The molecule has 78 valence electrons. The van der Waals surface area contributed by atoms with Crippen LogP contribution in [-0.2, 0) is 7.05 Å². The van der Waals surface area contributed by atoms with Crippen LogP contribution in [-0.4, -0.2) is 27.1 Å². The fourth-order valence-electron chi connectivity index (χ4n) is 1.06. The van der Waals surface area contributed by atoms with E-state index in [1.165, 1.54) is 0 Å². The van der Waals surface area contributed by atoms with Gasteiger partial charge >= 0.3 is 0 Å². The van der Waals surface area contributed by atoms with Gasteiger partial charge in [-0.3, -0.25) is 9.48 Å². The molecule has 1 aromatic heterocycles. The number of carbonyl (C=O) groups excluding carboxylic acids is 1. The number of hydrogen-bond donors (Lipinski definition) is 1. The van der Waals surface area contributed by atoms with Gasteiger partial charge < -0.3 is 5.32 Å². The molecule has 5 heteroatoms. The molecule has 1 heterocycles. The summed E-state index contributed by atoms with van der Waals surface area (Å²) in [5, 5.41) is 7.62. The van der Waals surface area contributed by atoms with E-state index in [-0.39, 0.29) is 11.9 Å². The molecule has 1 aromatic rings. The average Bonchev–Trinajstić information content (AvgIpc) is 2.47. The molecular formula is C9H14BrN3O. The summed E-state index contributed by atoms with van der Waals surface area (Å²) in [5.41, 5.74) is 1.52. The van der Waals surface area contributed by atoms with Gasteiger partial charge in [0.25, 0.3) is 5.91 Å². The molecule has 1 amide bonds. The van der Waals surface area contributed by atoms with Gasteiger partial charge in [-0.25, -0.2) is 0 Å². The minimum atomic E-state index is -0.0671. The molecule has 0 aliphatic rings. The van der Waals surface area contributed by atoms with Crippen molar-refractivity contribution in [2.75, 3.05) is 5.33 Å². The van der Waals surface area contributed by atoms with Crippen LogP contribution in [0.5, 0.6) is 0 Å². The van der Waals surface area contributed by atoms with E-state index in [4.69, 9.17) is 0 Å². The first-order valence-corrected chi connectivity index (χ1v) is 5.53. The molecule has 0 fully saturated rings. The summed E-state index contributed by atoms with van der Waals surface area (Å²) in [4.78, 5) is 11.7. The van der Waals surface area contributed by atoms with Gasteiger partial charge in [-0.2, -0.15) is 5.10 Å². The SMILES string of the molecule is Cc1c(C(=O)NC(C)CBr)cnn1C. The third-order valence-electron chi connectivity index (χ3n) is 2.09. The molecule has 1 atom stereocenters. The molecule has 1 unspecified atom stereocenters. The van der Waals surface area contributed by atoms with Crippen LogP contribution >= 0.6 is 15.9 Å². The standard InChI is InChI=1S/C9H14BrN3O/c1-6(4-10)12-9(14)8-5-11-13(3)7(8)2/h5-6H,4H2,1-3H3,(H,12,14). The van der Waals surface area contributed by atoms with E-state index in [1.807, 2.05) is 20.9 Å². The van der Waals surface area contributed by atoms with Gasteiger partial charge in [0.05, 0.1) is 11.8 Å². The summed E-state index contributed by atoms with van der Waals surface area (Å²) in [6, 6.07) is 0.127. The van der Waals surface area contributed by atoms with Crippen molar-refractivity contribution in [1.82, 2.24) is 15.1 Å². The summed E-state index contributed by atoms with van der Waals surface area (Å²) in [5.74, 6) is -0.0671. The molecule has 4 nitrogen and oxygen atoms in total. The van der Waals surface area contributed by atoms with Crippen molar-refractivity contribution in [2.24, 2.45) is 7.05 Å². The number of aromatic nitrogens is 2. The summed E-state index contributed by atoms with van der Waals surface area (Å²) in [7, 11) is 1.82. The fourth-order valence-corrected chi connectivity index (χ4v) is 1.22. The van der Waals surface area contributed by atoms with Crippen LogP contribution in [0.4, 0.5) is 0 Å². The van der Waals surface area contributed by atoms with Gasteiger partial charge in [-0.15, -0.1) is 0 Å². The fraction of sp³-hybridized carbons (Fsp3) is 0.556. The van der Waals surface area contributed by atoms with Crippen LogP contribution in [0.25, 0.3) is 0 Å². The quantitative estimate of drug-likeness (QED) is 0.831. The second kappa shape index (κ2) is 4.59. The Hall–Kier alpha value is -0.840. The molecule has 0 saturated carbocycles. The molecule has 1 N–H and O–H groups in total. The predicted molar refractivity (Wildman–Crippen MR) is 58.7 cm³/mol. The zero-order valence-corrected chi connectivity index (χ0v) is 10.1. The number of amides is 1. The zero-order valence-electron chi connectivity index (χ0n) is 8.54. The molecule has 0 spiro atoms. The number of hydrogen-bond acceptors (Lipinski definition) is 2. The van der Waals surface area contributed by atoms with Gasteiger partial charge in [-0.1, -0.05) is 15.9 Å². The first kappa shape index (κ1) is 11.2. The Labute approximate surface area is 91.8 Å². The lowest BCUT2D eigenvalue weighted by Gasteiger charge is -2.09. The van der Waals surface area contributed by atoms with Crippen molar-refractivity contribution in [2.45, 2.75) is 19.9 Å². The zero-order chi connectivity index (χ0) is 10.7. The van der Waals surface area contributed by atoms with Gasteiger partial charge in [0.1, 0.15) is 0 Å². The number of aryl methyl sites for hydroxylation is 1. The molecule has 0 aliphatic carbocycles. The van der Waals surface area contributed by atoms with Gasteiger partial charge in [-0.05, 0) is 13.8 Å². The lowest BCUT2D eigenvalue weighted by molar-refractivity contribution is 0.0943. The summed E-state index contributed by atoms with van der Waals surface area (Å²) < 4.78 is 1.69. The minimum absolute atomic E-state index is 0.0671. The highest BCUT2D eigenvalue weighted by molar-refractivity contribution is 9.09.